The molecule has 3 aromatic rings. The van der Waals surface area contributed by atoms with Crippen LogP contribution in [0.1, 0.15) is 27.7 Å². The van der Waals surface area contributed by atoms with E-state index in [1.807, 2.05) is 6.92 Å². The first-order valence-electron chi connectivity index (χ1n) is 8.68. The van der Waals surface area contributed by atoms with Gasteiger partial charge in [0.15, 0.2) is 5.43 Å². The van der Waals surface area contributed by atoms with Gasteiger partial charge in [-0.3, -0.25) is 9.59 Å². The molecule has 0 saturated heterocycles. The monoisotopic (exact) mass is 402 g/mol. The van der Waals surface area contributed by atoms with E-state index >= 15 is 0 Å². The Labute approximate surface area is 164 Å². The molecule has 0 radical (unpaired) electrons. The summed E-state index contributed by atoms with van der Waals surface area (Å²) in [5, 5.41) is 3.31. The molecule has 0 unspecified atom stereocenters. The van der Waals surface area contributed by atoms with E-state index in [0.717, 1.165) is 10.4 Å². The standard InChI is InChI=1S/C20H19FN2O4S/c1-4-27-20(26)17-11(2)12(3)28-19(17)22-16(25)10-23-9-8-15(24)13-6-5-7-14(21)18(13)23/h5-9H,4,10H2,1-3H3,(H,22,25). The van der Waals surface area contributed by atoms with Gasteiger partial charge in [-0.15, -0.1) is 11.3 Å². The van der Waals surface area contributed by atoms with Crippen LogP contribution in [0.5, 0.6) is 0 Å². The maximum atomic E-state index is 14.3. The number of rotatable bonds is 5. The Balaban J connectivity index is 1.92. The zero-order chi connectivity index (χ0) is 20.4. The zero-order valence-electron chi connectivity index (χ0n) is 15.7. The number of aryl methyl sites for hydroxylation is 1. The molecule has 28 heavy (non-hydrogen) atoms. The van der Waals surface area contributed by atoms with Gasteiger partial charge in [0.25, 0.3) is 0 Å². The average Bonchev–Trinajstić information content (AvgIpc) is 2.91. The summed E-state index contributed by atoms with van der Waals surface area (Å²) in [6, 6.07) is 5.49. The Kier molecular flexibility index (Phi) is 5.60. The fourth-order valence-electron chi connectivity index (χ4n) is 2.94. The summed E-state index contributed by atoms with van der Waals surface area (Å²) in [7, 11) is 0. The first-order valence-corrected chi connectivity index (χ1v) is 9.49. The minimum Gasteiger partial charge on any atom is -0.462 e. The molecule has 1 N–H and O–H groups in total. The lowest BCUT2D eigenvalue weighted by atomic mass is 10.1. The topological polar surface area (TPSA) is 77.4 Å². The summed E-state index contributed by atoms with van der Waals surface area (Å²) in [4.78, 5) is 37.7. The number of amides is 1. The van der Waals surface area contributed by atoms with E-state index in [4.69, 9.17) is 4.74 Å². The summed E-state index contributed by atoms with van der Waals surface area (Å²) in [6.45, 7) is 5.36. The van der Waals surface area contributed by atoms with Crippen molar-refractivity contribution in [3.05, 3.63) is 62.5 Å². The number of fused-ring (bicyclic) bond motifs is 1. The molecule has 0 saturated carbocycles. The van der Waals surface area contributed by atoms with Crippen LogP contribution in [0.15, 0.2) is 35.3 Å². The Hall–Kier alpha value is -3.00. The average molecular weight is 402 g/mol. The Morgan fingerprint density at radius 2 is 2.00 bits per heavy atom. The van der Waals surface area contributed by atoms with Crippen LogP contribution in [-0.2, 0) is 16.1 Å². The van der Waals surface area contributed by atoms with Crippen molar-refractivity contribution >= 4 is 39.1 Å². The summed E-state index contributed by atoms with van der Waals surface area (Å²) in [6.07, 6.45) is 1.38. The highest BCUT2D eigenvalue weighted by Crippen LogP contribution is 2.33. The van der Waals surface area contributed by atoms with E-state index in [-0.39, 0.29) is 29.5 Å². The normalized spacial score (nSPS) is 10.9. The number of esters is 1. The molecule has 0 atom stereocenters. The van der Waals surface area contributed by atoms with Gasteiger partial charge in [-0.25, -0.2) is 9.18 Å². The quantitative estimate of drug-likeness (QED) is 0.661. The second kappa shape index (κ2) is 7.93. The number of nitrogens with zero attached hydrogens (tertiary/aromatic N) is 1. The van der Waals surface area contributed by atoms with Gasteiger partial charge in [-0.1, -0.05) is 6.07 Å². The number of halogens is 1. The molecule has 146 valence electrons. The Bertz CT molecular complexity index is 1130. The molecule has 2 heterocycles. The van der Waals surface area contributed by atoms with Crippen LogP contribution in [0, 0.1) is 19.7 Å². The number of aromatic nitrogens is 1. The highest BCUT2D eigenvalue weighted by Gasteiger charge is 2.22. The molecule has 1 amide bonds. The molecular weight excluding hydrogens is 383 g/mol. The molecular formula is C20H19FN2O4S. The van der Waals surface area contributed by atoms with Crippen LogP contribution < -0.4 is 10.7 Å². The third kappa shape index (κ3) is 3.68. The summed E-state index contributed by atoms with van der Waals surface area (Å²) < 4.78 is 20.7. The van der Waals surface area contributed by atoms with Gasteiger partial charge in [-0.2, -0.15) is 0 Å². The van der Waals surface area contributed by atoms with E-state index in [9.17, 15) is 18.8 Å². The summed E-state index contributed by atoms with van der Waals surface area (Å²) in [5.41, 5.74) is 0.821. The second-order valence-corrected chi connectivity index (χ2v) is 7.42. The molecule has 0 aliphatic heterocycles. The van der Waals surface area contributed by atoms with Crippen molar-refractivity contribution in [2.75, 3.05) is 11.9 Å². The van der Waals surface area contributed by atoms with Crippen LogP contribution in [0.2, 0.25) is 0 Å². The molecule has 2 aromatic heterocycles. The summed E-state index contributed by atoms with van der Waals surface area (Å²) >= 11 is 1.28. The van der Waals surface area contributed by atoms with Crippen molar-refractivity contribution < 1.29 is 18.7 Å². The van der Waals surface area contributed by atoms with Crippen molar-refractivity contribution in [1.82, 2.24) is 4.57 Å². The van der Waals surface area contributed by atoms with Crippen LogP contribution in [0.4, 0.5) is 9.39 Å². The molecule has 8 heteroatoms. The van der Waals surface area contributed by atoms with E-state index in [1.54, 1.807) is 13.8 Å². The fraction of sp³-hybridized carbons (Fsp3) is 0.250. The minimum atomic E-state index is -0.585. The predicted molar refractivity (Wildman–Crippen MR) is 107 cm³/mol. The van der Waals surface area contributed by atoms with Crippen molar-refractivity contribution in [3.8, 4) is 0 Å². The van der Waals surface area contributed by atoms with Crippen molar-refractivity contribution in [1.29, 1.82) is 0 Å². The number of hydrogen-bond acceptors (Lipinski definition) is 5. The van der Waals surface area contributed by atoms with Crippen LogP contribution in [-0.4, -0.2) is 23.1 Å². The zero-order valence-corrected chi connectivity index (χ0v) is 16.5. The SMILES string of the molecule is CCOC(=O)c1c(NC(=O)Cn2ccc(=O)c3cccc(F)c32)sc(C)c1C. The Morgan fingerprint density at radius 3 is 2.71 bits per heavy atom. The molecule has 6 nitrogen and oxygen atoms in total. The lowest BCUT2D eigenvalue weighted by Crippen LogP contribution is -2.21. The van der Waals surface area contributed by atoms with Gasteiger partial charge in [0, 0.05) is 22.5 Å². The Morgan fingerprint density at radius 1 is 1.25 bits per heavy atom. The number of pyridine rings is 1. The van der Waals surface area contributed by atoms with E-state index in [1.165, 1.54) is 46.4 Å². The van der Waals surface area contributed by atoms with E-state index in [0.29, 0.717) is 10.6 Å². The smallest absolute Gasteiger partial charge is 0.341 e. The largest absolute Gasteiger partial charge is 0.462 e. The van der Waals surface area contributed by atoms with E-state index < -0.39 is 17.7 Å². The summed E-state index contributed by atoms with van der Waals surface area (Å²) in [5.74, 6) is -1.53. The second-order valence-electron chi connectivity index (χ2n) is 6.20. The van der Waals surface area contributed by atoms with Crippen molar-refractivity contribution in [3.63, 3.8) is 0 Å². The number of para-hydroxylation sites is 1. The highest BCUT2D eigenvalue weighted by molar-refractivity contribution is 7.16. The fourth-order valence-corrected chi connectivity index (χ4v) is 4.01. The molecule has 0 spiro atoms. The number of benzene rings is 1. The van der Waals surface area contributed by atoms with E-state index in [2.05, 4.69) is 5.32 Å². The van der Waals surface area contributed by atoms with Crippen molar-refractivity contribution in [2.45, 2.75) is 27.3 Å². The number of ether oxygens (including phenoxy) is 1. The van der Waals surface area contributed by atoms with Gasteiger partial charge >= 0.3 is 5.97 Å². The number of nitrogens with one attached hydrogen (secondary N) is 1. The molecule has 0 aliphatic rings. The third-order valence-electron chi connectivity index (χ3n) is 4.38. The number of carbonyl (C=O) groups excluding carboxylic acids is 2. The lowest BCUT2D eigenvalue weighted by molar-refractivity contribution is -0.116. The molecule has 1 aromatic carbocycles. The third-order valence-corrected chi connectivity index (χ3v) is 5.50. The number of anilines is 1. The predicted octanol–water partition coefficient (Wildman–Crippen LogP) is 3.63. The molecule has 0 aliphatic carbocycles. The number of hydrogen-bond donors (Lipinski definition) is 1. The maximum Gasteiger partial charge on any atom is 0.341 e. The first-order chi connectivity index (χ1) is 13.3. The molecule has 0 bridgehead atoms. The first kappa shape index (κ1) is 19.8. The van der Waals surface area contributed by atoms with Gasteiger partial charge < -0.3 is 14.6 Å². The van der Waals surface area contributed by atoms with Crippen LogP contribution in [0.25, 0.3) is 10.9 Å². The van der Waals surface area contributed by atoms with Gasteiger partial charge in [0.2, 0.25) is 5.91 Å². The lowest BCUT2D eigenvalue weighted by Gasteiger charge is -2.12. The van der Waals surface area contributed by atoms with Crippen molar-refractivity contribution in [2.24, 2.45) is 0 Å². The molecule has 3 rings (SSSR count). The van der Waals surface area contributed by atoms with Gasteiger partial charge in [-0.05, 0) is 38.5 Å². The minimum absolute atomic E-state index is 0.0642. The van der Waals surface area contributed by atoms with Crippen LogP contribution >= 0.6 is 11.3 Å². The van der Waals surface area contributed by atoms with Gasteiger partial charge in [0.1, 0.15) is 17.4 Å². The van der Waals surface area contributed by atoms with Gasteiger partial charge in [0.05, 0.1) is 17.7 Å². The number of thiophene rings is 1. The molecule has 0 fully saturated rings. The maximum absolute atomic E-state index is 14.3. The van der Waals surface area contributed by atoms with Crippen LogP contribution in [0.3, 0.4) is 0 Å². The highest BCUT2D eigenvalue weighted by atomic mass is 32.1. The number of carbonyl (C=O) groups is 2.